The normalized spacial score (nSPS) is 10.0. The molecule has 0 atom stereocenters. The Labute approximate surface area is 98.5 Å². The summed E-state index contributed by atoms with van der Waals surface area (Å²) in [5.41, 5.74) is 0.680. The smallest absolute Gasteiger partial charge is 0.261 e. The number of pyridine rings is 1. The van der Waals surface area contributed by atoms with E-state index in [-0.39, 0.29) is 5.56 Å². The van der Waals surface area contributed by atoms with E-state index in [1.165, 1.54) is 17.0 Å². The lowest BCUT2D eigenvalue weighted by atomic mass is 10.2. The third kappa shape index (κ3) is 2.30. The molecule has 0 radical (unpaired) electrons. The monoisotopic (exact) mass is 230 g/mol. The quantitative estimate of drug-likeness (QED) is 0.794. The molecule has 0 bridgehead atoms. The molecule has 0 unspecified atom stereocenters. The second kappa shape index (κ2) is 4.74. The fraction of sp³-hybridized carbons (Fsp3) is 0.0769. The maximum atomic E-state index is 13.5. The van der Waals surface area contributed by atoms with Gasteiger partial charge in [-0.2, -0.15) is 0 Å². The summed E-state index contributed by atoms with van der Waals surface area (Å²) in [6.07, 6.45) is 3.17. The molecule has 0 N–H and O–H groups in total. The van der Waals surface area contributed by atoms with Gasteiger partial charge in [-0.1, -0.05) is 12.1 Å². The third-order valence-electron chi connectivity index (χ3n) is 2.44. The van der Waals surface area contributed by atoms with Crippen LogP contribution >= 0.6 is 0 Å². The summed E-state index contributed by atoms with van der Waals surface area (Å²) in [6, 6.07) is 9.38. The number of carbonyl (C=O) groups excluding carboxylic acids is 1. The van der Waals surface area contributed by atoms with Crippen molar-refractivity contribution in [3.63, 3.8) is 0 Å². The van der Waals surface area contributed by atoms with Crippen molar-refractivity contribution in [1.82, 2.24) is 4.98 Å². The fourth-order valence-electron chi connectivity index (χ4n) is 1.48. The Balaban J connectivity index is 2.30. The van der Waals surface area contributed by atoms with Crippen LogP contribution in [0, 0.1) is 5.82 Å². The number of halogens is 1. The lowest BCUT2D eigenvalue weighted by Crippen LogP contribution is -2.27. The highest BCUT2D eigenvalue weighted by Crippen LogP contribution is 2.15. The van der Waals surface area contributed by atoms with Crippen LogP contribution in [0.15, 0.2) is 48.8 Å². The molecule has 86 valence electrons. The Morgan fingerprint density at radius 1 is 1.24 bits per heavy atom. The Hall–Kier alpha value is -2.23. The molecule has 0 spiro atoms. The van der Waals surface area contributed by atoms with Crippen molar-refractivity contribution >= 4 is 11.6 Å². The Bertz CT molecular complexity index is 528. The zero-order chi connectivity index (χ0) is 12.3. The van der Waals surface area contributed by atoms with E-state index in [4.69, 9.17) is 0 Å². The zero-order valence-electron chi connectivity index (χ0n) is 9.30. The summed E-state index contributed by atoms with van der Waals surface area (Å²) < 4.78 is 13.5. The van der Waals surface area contributed by atoms with Crippen LogP contribution in [-0.2, 0) is 0 Å². The third-order valence-corrected chi connectivity index (χ3v) is 2.44. The molecule has 2 rings (SSSR count). The lowest BCUT2D eigenvalue weighted by molar-refractivity contribution is 0.0989. The van der Waals surface area contributed by atoms with Crippen LogP contribution in [0.1, 0.15) is 10.4 Å². The molecule has 0 aliphatic rings. The van der Waals surface area contributed by atoms with Crippen molar-refractivity contribution in [2.75, 3.05) is 11.9 Å². The van der Waals surface area contributed by atoms with Crippen LogP contribution in [0.3, 0.4) is 0 Å². The van der Waals surface area contributed by atoms with Crippen molar-refractivity contribution in [3.05, 3.63) is 60.2 Å². The standard InChI is InChI=1S/C13H11FN2O/c1-16(10-5-4-8-15-9-10)13(17)11-6-2-3-7-12(11)14/h2-9H,1H3. The molecule has 3 nitrogen and oxygen atoms in total. The molecule has 2 aromatic rings. The highest BCUT2D eigenvalue weighted by atomic mass is 19.1. The van der Waals surface area contributed by atoms with Crippen LogP contribution < -0.4 is 4.90 Å². The van der Waals surface area contributed by atoms with Gasteiger partial charge in [-0.15, -0.1) is 0 Å². The number of nitrogens with zero attached hydrogens (tertiary/aromatic N) is 2. The summed E-state index contributed by atoms with van der Waals surface area (Å²) in [6.45, 7) is 0. The fourth-order valence-corrected chi connectivity index (χ4v) is 1.48. The van der Waals surface area contributed by atoms with E-state index < -0.39 is 11.7 Å². The van der Waals surface area contributed by atoms with E-state index in [9.17, 15) is 9.18 Å². The van der Waals surface area contributed by atoms with E-state index in [0.29, 0.717) is 5.69 Å². The van der Waals surface area contributed by atoms with Gasteiger partial charge in [0, 0.05) is 13.2 Å². The van der Waals surface area contributed by atoms with Crippen LogP contribution in [0.2, 0.25) is 0 Å². The molecule has 1 aromatic heterocycles. The minimum Gasteiger partial charge on any atom is -0.310 e. The van der Waals surface area contributed by atoms with Crippen molar-refractivity contribution in [1.29, 1.82) is 0 Å². The average molecular weight is 230 g/mol. The molecule has 1 aromatic carbocycles. The highest BCUT2D eigenvalue weighted by Gasteiger charge is 2.16. The summed E-state index contributed by atoms with van der Waals surface area (Å²) in [5, 5.41) is 0. The second-order valence-corrected chi connectivity index (χ2v) is 3.56. The number of benzene rings is 1. The molecule has 1 heterocycles. The topological polar surface area (TPSA) is 33.2 Å². The molecule has 0 saturated heterocycles. The second-order valence-electron chi connectivity index (χ2n) is 3.56. The maximum absolute atomic E-state index is 13.5. The van der Waals surface area contributed by atoms with Gasteiger partial charge in [0.25, 0.3) is 5.91 Å². The van der Waals surface area contributed by atoms with Crippen LogP contribution in [0.25, 0.3) is 0 Å². The number of carbonyl (C=O) groups is 1. The Morgan fingerprint density at radius 2 is 2.00 bits per heavy atom. The molecule has 4 heteroatoms. The molecule has 0 aliphatic carbocycles. The number of aromatic nitrogens is 1. The van der Waals surface area contributed by atoms with Crippen LogP contribution in [0.5, 0.6) is 0 Å². The van der Waals surface area contributed by atoms with Gasteiger partial charge < -0.3 is 4.90 Å². The van der Waals surface area contributed by atoms with Crippen LogP contribution in [-0.4, -0.2) is 17.9 Å². The minimum absolute atomic E-state index is 0.0545. The maximum Gasteiger partial charge on any atom is 0.261 e. The van der Waals surface area contributed by atoms with Gasteiger partial charge in [0.2, 0.25) is 0 Å². The van der Waals surface area contributed by atoms with Crippen molar-refractivity contribution < 1.29 is 9.18 Å². The van der Waals surface area contributed by atoms with Crippen molar-refractivity contribution in [2.24, 2.45) is 0 Å². The number of hydrogen-bond acceptors (Lipinski definition) is 2. The Morgan fingerprint density at radius 3 is 2.65 bits per heavy atom. The van der Waals surface area contributed by atoms with Gasteiger partial charge >= 0.3 is 0 Å². The van der Waals surface area contributed by atoms with E-state index in [1.54, 1.807) is 43.7 Å². The molecule has 0 fully saturated rings. The zero-order valence-corrected chi connectivity index (χ0v) is 9.30. The number of rotatable bonds is 2. The van der Waals surface area contributed by atoms with Gasteiger partial charge in [0.15, 0.2) is 0 Å². The lowest BCUT2D eigenvalue weighted by Gasteiger charge is -2.16. The number of anilines is 1. The summed E-state index contributed by atoms with van der Waals surface area (Å²) in [4.78, 5) is 17.3. The first-order chi connectivity index (χ1) is 8.20. The largest absolute Gasteiger partial charge is 0.310 e. The van der Waals surface area contributed by atoms with Crippen molar-refractivity contribution in [2.45, 2.75) is 0 Å². The summed E-state index contributed by atoms with van der Waals surface area (Å²) >= 11 is 0. The number of hydrogen-bond donors (Lipinski definition) is 0. The van der Waals surface area contributed by atoms with Gasteiger partial charge in [-0.05, 0) is 24.3 Å². The molecule has 1 amide bonds. The van der Waals surface area contributed by atoms with Gasteiger partial charge in [-0.3, -0.25) is 9.78 Å². The summed E-state index contributed by atoms with van der Waals surface area (Å²) in [7, 11) is 1.59. The van der Waals surface area contributed by atoms with Gasteiger partial charge in [0.05, 0.1) is 17.4 Å². The predicted molar refractivity (Wildman–Crippen MR) is 63.4 cm³/mol. The number of amides is 1. The first-order valence-corrected chi connectivity index (χ1v) is 5.13. The van der Waals surface area contributed by atoms with E-state index in [0.717, 1.165) is 0 Å². The molecular weight excluding hydrogens is 219 g/mol. The highest BCUT2D eigenvalue weighted by molar-refractivity contribution is 6.05. The molecule has 0 aliphatic heterocycles. The van der Waals surface area contributed by atoms with E-state index in [2.05, 4.69) is 4.98 Å². The molecular formula is C13H11FN2O. The van der Waals surface area contributed by atoms with Crippen molar-refractivity contribution in [3.8, 4) is 0 Å². The minimum atomic E-state index is -0.520. The molecule has 17 heavy (non-hydrogen) atoms. The van der Waals surface area contributed by atoms with Gasteiger partial charge in [-0.25, -0.2) is 4.39 Å². The average Bonchev–Trinajstić information content (AvgIpc) is 2.39. The first kappa shape index (κ1) is 11.3. The van der Waals surface area contributed by atoms with Gasteiger partial charge in [0.1, 0.15) is 5.82 Å². The predicted octanol–water partition coefficient (Wildman–Crippen LogP) is 2.50. The summed E-state index contributed by atoms with van der Waals surface area (Å²) in [5.74, 6) is -0.913. The van der Waals surface area contributed by atoms with E-state index in [1.807, 2.05) is 0 Å². The SMILES string of the molecule is CN(C(=O)c1ccccc1F)c1cccnc1. The first-order valence-electron chi connectivity index (χ1n) is 5.13. The molecule has 0 saturated carbocycles. The van der Waals surface area contributed by atoms with Crippen LogP contribution in [0.4, 0.5) is 10.1 Å². The van der Waals surface area contributed by atoms with E-state index >= 15 is 0 Å². The Kier molecular flexibility index (Phi) is 3.14.